The van der Waals surface area contributed by atoms with Gasteiger partial charge in [-0.25, -0.2) is 0 Å². The summed E-state index contributed by atoms with van der Waals surface area (Å²) >= 11 is 0. The maximum Gasteiger partial charge on any atom is 0.290 e. The molecule has 1 unspecified atom stereocenters. The third kappa shape index (κ3) is 3.81. The molecule has 6 nitrogen and oxygen atoms in total. The molecule has 6 heteroatoms. The first-order valence-electron chi connectivity index (χ1n) is 11.3. The molecule has 0 saturated heterocycles. The van der Waals surface area contributed by atoms with E-state index in [0.717, 1.165) is 16.9 Å². The van der Waals surface area contributed by atoms with E-state index in [0.29, 0.717) is 41.9 Å². The second kappa shape index (κ2) is 9.06. The molecule has 0 spiro atoms. The fourth-order valence-electron chi connectivity index (χ4n) is 4.53. The lowest BCUT2D eigenvalue weighted by Gasteiger charge is -2.25. The summed E-state index contributed by atoms with van der Waals surface area (Å²) in [5.41, 5.74) is 2.50. The van der Waals surface area contributed by atoms with E-state index in [1.54, 1.807) is 36.3 Å². The van der Waals surface area contributed by atoms with Gasteiger partial charge in [0, 0.05) is 6.54 Å². The Morgan fingerprint density at radius 2 is 1.74 bits per heavy atom. The van der Waals surface area contributed by atoms with Gasteiger partial charge >= 0.3 is 0 Å². The lowest BCUT2D eigenvalue weighted by Crippen LogP contribution is -2.31. The van der Waals surface area contributed by atoms with Crippen LogP contribution in [-0.4, -0.2) is 31.1 Å². The molecule has 172 valence electrons. The van der Waals surface area contributed by atoms with Crippen molar-refractivity contribution in [2.24, 2.45) is 0 Å². The first-order chi connectivity index (χ1) is 16.6. The number of ether oxygens (including phenoxy) is 2. The smallest absolute Gasteiger partial charge is 0.290 e. The molecular weight excluding hydrogens is 430 g/mol. The molecule has 1 aromatic heterocycles. The average molecular weight is 456 g/mol. The normalized spacial score (nSPS) is 14.9. The first-order valence-corrected chi connectivity index (χ1v) is 11.3. The molecule has 5 rings (SSSR count). The maximum absolute atomic E-state index is 13.6. The van der Waals surface area contributed by atoms with E-state index >= 15 is 0 Å². The second-order valence-corrected chi connectivity index (χ2v) is 8.17. The van der Waals surface area contributed by atoms with Crippen LogP contribution < -0.4 is 14.9 Å². The van der Waals surface area contributed by atoms with Crippen molar-refractivity contribution in [1.82, 2.24) is 4.90 Å². The van der Waals surface area contributed by atoms with Crippen LogP contribution in [0.25, 0.3) is 11.0 Å². The zero-order chi connectivity index (χ0) is 23.7. The molecule has 0 bridgehead atoms. The summed E-state index contributed by atoms with van der Waals surface area (Å²) in [6.07, 6.45) is 0.624. The van der Waals surface area contributed by atoms with Gasteiger partial charge in [0.15, 0.2) is 5.43 Å². The Morgan fingerprint density at radius 1 is 0.941 bits per heavy atom. The predicted molar refractivity (Wildman–Crippen MR) is 130 cm³/mol. The molecule has 34 heavy (non-hydrogen) atoms. The maximum atomic E-state index is 13.6. The van der Waals surface area contributed by atoms with E-state index in [1.807, 2.05) is 55.5 Å². The number of nitrogens with zero attached hydrogens (tertiary/aromatic N) is 1. The highest BCUT2D eigenvalue weighted by Gasteiger charge is 2.42. The summed E-state index contributed by atoms with van der Waals surface area (Å²) in [5.74, 6) is 1.31. The second-order valence-electron chi connectivity index (χ2n) is 8.17. The number of benzene rings is 3. The van der Waals surface area contributed by atoms with E-state index in [2.05, 4.69) is 0 Å². The molecule has 0 N–H and O–H groups in total. The summed E-state index contributed by atoms with van der Waals surface area (Å²) in [5, 5.41) is 0.469. The summed E-state index contributed by atoms with van der Waals surface area (Å²) in [7, 11) is 1.63. The highest BCUT2D eigenvalue weighted by Crippen LogP contribution is 2.39. The van der Waals surface area contributed by atoms with Crippen LogP contribution in [0.5, 0.6) is 11.5 Å². The highest BCUT2D eigenvalue weighted by atomic mass is 16.5. The fraction of sp³-hybridized carbons (Fsp3) is 0.214. The third-order valence-corrected chi connectivity index (χ3v) is 6.16. The number of amides is 1. The van der Waals surface area contributed by atoms with E-state index in [9.17, 15) is 9.59 Å². The standard InChI is InChI=1S/C28H25NO5/c1-3-33-21-8-6-7-19(17-21)25-24-26(30)22-9-4-5-10-23(22)34-27(24)28(31)29(25)16-15-18-11-13-20(32-2)14-12-18/h4-14,17,25H,3,15-16H2,1-2H3. The van der Waals surface area contributed by atoms with Crippen LogP contribution in [0.2, 0.25) is 0 Å². The van der Waals surface area contributed by atoms with E-state index in [4.69, 9.17) is 13.9 Å². The molecule has 1 aliphatic rings. The third-order valence-electron chi connectivity index (χ3n) is 6.16. The quantitative estimate of drug-likeness (QED) is 0.393. The Labute approximate surface area is 197 Å². The van der Waals surface area contributed by atoms with Crippen LogP contribution in [0.4, 0.5) is 0 Å². The SMILES string of the molecule is CCOc1cccc(C2c3c(oc4ccccc4c3=O)C(=O)N2CCc2ccc(OC)cc2)c1. The average Bonchev–Trinajstić information content (AvgIpc) is 3.15. The Balaban J connectivity index is 1.59. The zero-order valence-corrected chi connectivity index (χ0v) is 19.1. The molecule has 2 heterocycles. The highest BCUT2D eigenvalue weighted by molar-refractivity contribution is 5.99. The minimum absolute atomic E-state index is 0.116. The molecule has 0 fully saturated rings. The minimum Gasteiger partial charge on any atom is -0.497 e. The van der Waals surface area contributed by atoms with Crippen molar-refractivity contribution >= 4 is 16.9 Å². The van der Waals surface area contributed by atoms with Gasteiger partial charge in [-0.3, -0.25) is 9.59 Å². The monoisotopic (exact) mass is 455 g/mol. The fourth-order valence-corrected chi connectivity index (χ4v) is 4.53. The Hall–Kier alpha value is -4.06. The van der Waals surface area contributed by atoms with Crippen molar-refractivity contribution in [2.45, 2.75) is 19.4 Å². The van der Waals surface area contributed by atoms with Crippen molar-refractivity contribution < 1.29 is 18.7 Å². The van der Waals surface area contributed by atoms with E-state index < -0.39 is 6.04 Å². The van der Waals surface area contributed by atoms with Gasteiger partial charge in [-0.1, -0.05) is 36.4 Å². The van der Waals surface area contributed by atoms with Gasteiger partial charge in [-0.05, 0) is 60.9 Å². The lowest BCUT2D eigenvalue weighted by molar-refractivity contribution is 0.0730. The summed E-state index contributed by atoms with van der Waals surface area (Å²) in [6, 6.07) is 21.8. The largest absolute Gasteiger partial charge is 0.497 e. The molecule has 1 amide bonds. The summed E-state index contributed by atoms with van der Waals surface area (Å²) in [6.45, 7) is 2.87. The van der Waals surface area contributed by atoms with Crippen molar-refractivity contribution in [3.63, 3.8) is 0 Å². The van der Waals surface area contributed by atoms with Crippen molar-refractivity contribution in [3.05, 3.63) is 105 Å². The minimum atomic E-state index is -0.554. The Morgan fingerprint density at radius 3 is 2.50 bits per heavy atom. The van der Waals surface area contributed by atoms with Crippen molar-refractivity contribution in [2.75, 3.05) is 20.3 Å². The van der Waals surface area contributed by atoms with Crippen molar-refractivity contribution in [1.29, 1.82) is 0 Å². The molecule has 4 aromatic rings. The number of rotatable bonds is 7. The summed E-state index contributed by atoms with van der Waals surface area (Å²) in [4.78, 5) is 28.8. The van der Waals surface area contributed by atoms with Crippen LogP contribution in [0.1, 0.15) is 40.2 Å². The van der Waals surface area contributed by atoms with E-state index in [1.165, 1.54) is 0 Å². The van der Waals surface area contributed by atoms with Crippen LogP contribution in [-0.2, 0) is 6.42 Å². The van der Waals surface area contributed by atoms with E-state index in [-0.39, 0.29) is 17.1 Å². The molecule has 1 aliphatic heterocycles. The Kier molecular flexibility index (Phi) is 5.80. The number of para-hydroxylation sites is 1. The molecular formula is C28H25NO5. The van der Waals surface area contributed by atoms with Gasteiger partial charge in [-0.2, -0.15) is 0 Å². The topological polar surface area (TPSA) is 69.0 Å². The first kappa shape index (κ1) is 21.8. The van der Waals surface area contributed by atoms with Crippen molar-refractivity contribution in [3.8, 4) is 11.5 Å². The molecule has 0 saturated carbocycles. The van der Waals surface area contributed by atoms with Gasteiger partial charge in [-0.15, -0.1) is 0 Å². The molecule has 0 aliphatic carbocycles. The van der Waals surface area contributed by atoms with Gasteiger partial charge in [0.05, 0.1) is 30.7 Å². The number of hydrogen-bond donors (Lipinski definition) is 0. The Bertz CT molecular complexity index is 1410. The molecule has 1 atom stereocenters. The zero-order valence-electron chi connectivity index (χ0n) is 19.1. The number of methoxy groups -OCH3 is 1. The van der Waals surface area contributed by atoms with Crippen LogP contribution in [0, 0.1) is 0 Å². The number of fused-ring (bicyclic) bond motifs is 2. The van der Waals surface area contributed by atoms with Gasteiger partial charge < -0.3 is 18.8 Å². The molecule has 3 aromatic carbocycles. The van der Waals surface area contributed by atoms with Gasteiger partial charge in [0.1, 0.15) is 17.1 Å². The number of carbonyl (C=O) groups is 1. The number of carbonyl (C=O) groups excluding carboxylic acids is 1. The lowest BCUT2D eigenvalue weighted by atomic mass is 9.98. The van der Waals surface area contributed by atoms with Gasteiger partial charge in [0.25, 0.3) is 5.91 Å². The van der Waals surface area contributed by atoms with Crippen LogP contribution in [0.15, 0.2) is 82.0 Å². The van der Waals surface area contributed by atoms with Crippen LogP contribution in [0.3, 0.4) is 0 Å². The van der Waals surface area contributed by atoms with Gasteiger partial charge in [0.2, 0.25) is 5.76 Å². The predicted octanol–water partition coefficient (Wildman–Crippen LogP) is 4.99. The number of hydrogen-bond acceptors (Lipinski definition) is 5. The summed E-state index contributed by atoms with van der Waals surface area (Å²) < 4.78 is 16.9. The van der Waals surface area contributed by atoms with Crippen LogP contribution >= 0.6 is 0 Å². The molecule has 0 radical (unpaired) electrons.